The summed E-state index contributed by atoms with van der Waals surface area (Å²) in [5, 5.41) is 5.79. The van der Waals surface area contributed by atoms with E-state index in [-0.39, 0.29) is 0 Å². The van der Waals surface area contributed by atoms with Crippen LogP contribution in [0.15, 0.2) is 17.8 Å². The fourth-order valence-electron chi connectivity index (χ4n) is 3.66. The highest BCUT2D eigenvalue weighted by Gasteiger charge is 2.19. The van der Waals surface area contributed by atoms with Gasteiger partial charge in [-0.2, -0.15) is 0 Å². The number of hydrogen-bond donors (Lipinski definition) is 1. The van der Waals surface area contributed by atoms with Crippen molar-refractivity contribution in [2.24, 2.45) is 5.92 Å². The molecule has 0 amide bonds. The fraction of sp³-hybridized carbons (Fsp3) is 0.706. The molecule has 0 aliphatic heterocycles. The number of likely N-dealkylation sites (N-methyl/N-ethyl adjacent to an activating group) is 1. The van der Waals surface area contributed by atoms with Crippen molar-refractivity contribution in [1.29, 1.82) is 0 Å². The maximum absolute atomic E-state index is 4.75. The van der Waals surface area contributed by atoms with Crippen molar-refractivity contribution in [2.75, 3.05) is 6.54 Å². The maximum Gasteiger partial charge on any atom is 0.193 e. The third kappa shape index (κ3) is 4.07. The maximum atomic E-state index is 4.75. The molecule has 0 saturated heterocycles. The van der Waals surface area contributed by atoms with Crippen LogP contribution in [0.1, 0.15) is 57.6 Å². The van der Waals surface area contributed by atoms with Crippen molar-refractivity contribution in [2.45, 2.75) is 64.3 Å². The minimum Gasteiger partial charge on any atom is -0.314 e. The van der Waals surface area contributed by atoms with Crippen molar-refractivity contribution in [1.82, 2.24) is 14.7 Å². The van der Waals surface area contributed by atoms with Gasteiger partial charge in [-0.3, -0.25) is 4.40 Å². The summed E-state index contributed by atoms with van der Waals surface area (Å²) in [4.78, 5) is 5.87. The lowest BCUT2D eigenvalue weighted by atomic mass is 9.91. The average Bonchev–Trinajstić information content (AvgIpc) is 2.93. The van der Waals surface area contributed by atoms with Gasteiger partial charge in [-0.05, 0) is 18.9 Å². The van der Waals surface area contributed by atoms with E-state index in [1.807, 2.05) is 0 Å². The van der Waals surface area contributed by atoms with E-state index in [1.54, 1.807) is 11.3 Å². The number of imidazole rings is 1. The Morgan fingerprint density at radius 3 is 2.86 bits per heavy atom. The first-order chi connectivity index (χ1) is 10.3. The molecule has 0 aromatic carbocycles. The molecular formula is C17H27N3S. The van der Waals surface area contributed by atoms with Gasteiger partial charge in [-0.1, -0.05) is 45.4 Å². The Kier molecular flexibility index (Phi) is 5.31. The largest absolute Gasteiger partial charge is 0.314 e. The van der Waals surface area contributed by atoms with Gasteiger partial charge in [0.1, 0.15) is 0 Å². The van der Waals surface area contributed by atoms with Gasteiger partial charge in [0, 0.05) is 30.2 Å². The monoisotopic (exact) mass is 305 g/mol. The Balaban J connectivity index is 1.61. The van der Waals surface area contributed by atoms with E-state index in [4.69, 9.17) is 4.98 Å². The zero-order chi connectivity index (χ0) is 14.5. The number of nitrogens with one attached hydrogen (secondary N) is 1. The van der Waals surface area contributed by atoms with Crippen LogP contribution in [-0.2, 0) is 6.42 Å². The van der Waals surface area contributed by atoms with Gasteiger partial charge in [0.25, 0.3) is 0 Å². The average molecular weight is 305 g/mol. The predicted molar refractivity (Wildman–Crippen MR) is 90.0 cm³/mol. The third-order valence-corrected chi connectivity index (χ3v) is 5.45. The van der Waals surface area contributed by atoms with Crippen LogP contribution >= 0.6 is 11.3 Å². The molecule has 0 radical (unpaired) electrons. The summed E-state index contributed by atoms with van der Waals surface area (Å²) in [6, 6.07) is 0.586. The van der Waals surface area contributed by atoms with Gasteiger partial charge in [0.05, 0.1) is 5.69 Å². The highest BCUT2D eigenvalue weighted by atomic mass is 32.1. The molecular weight excluding hydrogens is 278 g/mol. The molecule has 116 valence electrons. The molecule has 1 unspecified atom stereocenters. The van der Waals surface area contributed by atoms with Crippen LogP contribution in [0.5, 0.6) is 0 Å². The van der Waals surface area contributed by atoms with Crippen LogP contribution in [0.3, 0.4) is 0 Å². The number of hydrogen-bond acceptors (Lipinski definition) is 3. The zero-order valence-electron chi connectivity index (χ0n) is 13.1. The minimum absolute atomic E-state index is 0.586. The molecule has 1 aliphatic rings. The smallest absolute Gasteiger partial charge is 0.193 e. The van der Waals surface area contributed by atoms with E-state index in [9.17, 15) is 0 Å². The number of thiazole rings is 1. The second kappa shape index (κ2) is 7.41. The van der Waals surface area contributed by atoms with Gasteiger partial charge in [-0.25, -0.2) is 4.98 Å². The van der Waals surface area contributed by atoms with Crippen LogP contribution in [0.2, 0.25) is 0 Å². The van der Waals surface area contributed by atoms with Gasteiger partial charge >= 0.3 is 0 Å². The lowest BCUT2D eigenvalue weighted by molar-refractivity contribution is 0.352. The molecule has 1 fully saturated rings. The highest BCUT2D eigenvalue weighted by molar-refractivity contribution is 7.15. The summed E-state index contributed by atoms with van der Waals surface area (Å²) in [7, 11) is 0. The van der Waals surface area contributed by atoms with Crippen molar-refractivity contribution >= 4 is 16.3 Å². The van der Waals surface area contributed by atoms with Gasteiger partial charge < -0.3 is 5.32 Å². The number of rotatable bonds is 6. The lowest BCUT2D eigenvalue weighted by Gasteiger charge is -2.22. The van der Waals surface area contributed by atoms with Gasteiger partial charge in [-0.15, -0.1) is 11.3 Å². The van der Waals surface area contributed by atoms with E-state index in [0.29, 0.717) is 6.04 Å². The summed E-state index contributed by atoms with van der Waals surface area (Å²) in [5.74, 6) is 0.917. The Hall–Kier alpha value is -0.870. The summed E-state index contributed by atoms with van der Waals surface area (Å²) >= 11 is 1.72. The predicted octanol–water partition coefficient (Wildman–Crippen LogP) is 4.28. The second-order valence-electron chi connectivity index (χ2n) is 6.38. The SMILES string of the molecule is CCNC(Cc1cn2ccsc2n1)CC1CCCCCC1. The summed E-state index contributed by atoms with van der Waals surface area (Å²) in [6.45, 7) is 3.27. The second-order valence-corrected chi connectivity index (χ2v) is 7.25. The van der Waals surface area contributed by atoms with Crippen LogP contribution < -0.4 is 5.32 Å². The summed E-state index contributed by atoms with van der Waals surface area (Å²) in [6.07, 6.45) is 15.3. The van der Waals surface area contributed by atoms with E-state index in [0.717, 1.165) is 23.8 Å². The van der Waals surface area contributed by atoms with Gasteiger partial charge in [0.2, 0.25) is 0 Å². The van der Waals surface area contributed by atoms with Crippen molar-refractivity contribution in [3.05, 3.63) is 23.5 Å². The number of fused-ring (bicyclic) bond motifs is 1. The first-order valence-corrected chi connectivity index (χ1v) is 9.37. The Bertz CT molecular complexity index is 508. The van der Waals surface area contributed by atoms with Crippen LogP contribution in [0.4, 0.5) is 0 Å². The fourth-order valence-corrected chi connectivity index (χ4v) is 4.38. The lowest BCUT2D eigenvalue weighted by Crippen LogP contribution is -2.33. The van der Waals surface area contributed by atoms with E-state index in [2.05, 4.69) is 34.4 Å². The molecule has 21 heavy (non-hydrogen) atoms. The van der Waals surface area contributed by atoms with Crippen LogP contribution in [-0.4, -0.2) is 22.0 Å². The van der Waals surface area contributed by atoms with E-state index in [1.165, 1.54) is 50.6 Å². The zero-order valence-corrected chi connectivity index (χ0v) is 13.9. The molecule has 2 heterocycles. The minimum atomic E-state index is 0.586. The van der Waals surface area contributed by atoms with Crippen LogP contribution in [0.25, 0.3) is 4.96 Å². The Labute approximate surface area is 131 Å². The molecule has 0 bridgehead atoms. The van der Waals surface area contributed by atoms with Crippen molar-refractivity contribution < 1.29 is 0 Å². The van der Waals surface area contributed by atoms with E-state index < -0.39 is 0 Å². The summed E-state index contributed by atoms with van der Waals surface area (Å²) in [5.41, 5.74) is 1.24. The summed E-state index contributed by atoms with van der Waals surface area (Å²) < 4.78 is 2.15. The molecule has 4 heteroatoms. The highest BCUT2D eigenvalue weighted by Crippen LogP contribution is 2.27. The first kappa shape index (κ1) is 15.0. The molecule has 2 aromatic heterocycles. The number of nitrogens with zero attached hydrogens (tertiary/aromatic N) is 2. The van der Waals surface area contributed by atoms with Crippen LogP contribution in [0, 0.1) is 5.92 Å². The molecule has 1 atom stereocenters. The molecule has 1 N–H and O–H groups in total. The molecule has 1 aliphatic carbocycles. The molecule has 3 nitrogen and oxygen atoms in total. The Morgan fingerprint density at radius 1 is 1.33 bits per heavy atom. The Morgan fingerprint density at radius 2 is 2.14 bits per heavy atom. The molecule has 1 saturated carbocycles. The van der Waals surface area contributed by atoms with Crippen molar-refractivity contribution in [3.63, 3.8) is 0 Å². The normalized spacial score (nSPS) is 18.9. The van der Waals surface area contributed by atoms with E-state index >= 15 is 0 Å². The quantitative estimate of drug-likeness (QED) is 0.807. The first-order valence-electron chi connectivity index (χ1n) is 8.49. The number of aromatic nitrogens is 2. The van der Waals surface area contributed by atoms with Crippen molar-refractivity contribution in [3.8, 4) is 0 Å². The molecule has 3 rings (SSSR count). The third-order valence-electron chi connectivity index (χ3n) is 4.68. The molecule has 2 aromatic rings. The standard InChI is InChI=1S/C17H27N3S/c1-2-18-15(11-14-7-5-3-4-6-8-14)12-16-13-20-9-10-21-17(20)19-16/h9-10,13-15,18H,2-8,11-12H2,1H3. The topological polar surface area (TPSA) is 29.3 Å². The molecule has 0 spiro atoms. The van der Waals surface area contributed by atoms with Gasteiger partial charge in [0.15, 0.2) is 4.96 Å².